The summed E-state index contributed by atoms with van der Waals surface area (Å²) in [7, 11) is -1.11. The lowest BCUT2D eigenvalue weighted by molar-refractivity contribution is -0.141. The zero-order valence-electron chi connectivity index (χ0n) is 10.5. The van der Waals surface area contributed by atoms with Crippen LogP contribution in [-0.2, 0) is 9.22 Å². The molecular weight excluding hydrogens is 206 g/mol. The Morgan fingerprint density at radius 1 is 1.40 bits per heavy atom. The summed E-state index contributed by atoms with van der Waals surface area (Å²) < 4.78 is 6.01. The third-order valence-electron chi connectivity index (χ3n) is 2.53. The highest BCUT2D eigenvalue weighted by atomic mass is 28.3. The molecule has 0 aromatic carbocycles. The van der Waals surface area contributed by atoms with E-state index in [2.05, 4.69) is 33.9 Å². The molecule has 3 nitrogen and oxygen atoms in total. The van der Waals surface area contributed by atoms with Crippen LogP contribution in [0.4, 0.5) is 0 Å². The molecule has 0 saturated carbocycles. The van der Waals surface area contributed by atoms with Crippen LogP contribution in [0.3, 0.4) is 0 Å². The van der Waals surface area contributed by atoms with E-state index < -0.39 is 9.04 Å². The first-order valence-corrected chi connectivity index (χ1v) is 8.55. The van der Waals surface area contributed by atoms with Crippen molar-refractivity contribution in [3.63, 3.8) is 0 Å². The normalized spacial score (nSPS) is 20.1. The first-order chi connectivity index (χ1) is 6.82. The average molecular weight is 229 g/mol. The molecule has 0 radical (unpaired) electrons. The summed E-state index contributed by atoms with van der Waals surface area (Å²) in [4.78, 5) is 13.6. The van der Waals surface area contributed by atoms with Crippen molar-refractivity contribution < 1.29 is 9.22 Å². The van der Waals surface area contributed by atoms with E-state index in [1.165, 1.54) is 0 Å². The summed E-state index contributed by atoms with van der Waals surface area (Å²) in [5.74, 6) is 0.254. The molecule has 0 aromatic heterocycles. The monoisotopic (exact) mass is 229 g/mol. The van der Waals surface area contributed by atoms with Crippen molar-refractivity contribution in [2.45, 2.75) is 52.9 Å². The lowest BCUT2D eigenvalue weighted by Gasteiger charge is -2.39. The zero-order chi connectivity index (χ0) is 11.6. The molecule has 15 heavy (non-hydrogen) atoms. The van der Waals surface area contributed by atoms with E-state index in [1.54, 1.807) is 0 Å². The molecule has 1 saturated heterocycles. The minimum Gasteiger partial charge on any atom is -0.400 e. The summed E-state index contributed by atoms with van der Waals surface area (Å²) in [6.07, 6.45) is 1.64. The summed E-state index contributed by atoms with van der Waals surface area (Å²) in [6.45, 7) is 11.6. The third kappa shape index (κ3) is 3.31. The highest BCUT2D eigenvalue weighted by Gasteiger charge is 2.36. The number of nitrogens with zero attached hydrogens (tertiary/aromatic N) is 1. The number of carbonyl (C=O) groups is 1. The largest absolute Gasteiger partial charge is 0.400 e. The Morgan fingerprint density at radius 3 is 2.33 bits per heavy atom. The van der Waals surface area contributed by atoms with E-state index in [-0.39, 0.29) is 17.6 Å². The fourth-order valence-electron chi connectivity index (χ4n) is 1.92. The van der Waals surface area contributed by atoms with Gasteiger partial charge in [-0.2, -0.15) is 0 Å². The summed E-state index contributed by atoms with van der Waals surface area (Å²) in [5.41, 5.74) is 0.0112. The molecule has 1 rings (SSSR count). The fraction of sp³-hybridized carbons (Fsp3) is 0.909. The summed E-state index contributed by atoms with van der Waals surface area (Å²) >= 11 is 0. The van der Waals surface area contributed by atoms with Crippen molar-refractivity contribution in [3.8, 4) is 0 Å². The van der Waals surface area contributed by atoms with Gasteiger partial charge in [-0.05, 0) is 19.5 Å². The Bertz CT molecular complexity index is 235. The molecule has 1 aliphatic rings. The van der Waals surface area contributed by atoms with Crippen LogP contribution in [0.2, 0.25) is 13.1 Å². The second-order valence-corrected chi connectivity index (χ2v) is 7.96. The van der Waals surface area contributed by atoms with E-state index in [9.17, 15) is 4.79 Å². The quantitative estimate of drug-likeness (QED) is 0.693. The van der Waals surface area contributed by atoms with E-state index >= 15 is 0 Å². The SMILES string of the molecule is C[SiH](C)OC(N1CCCC1=O)C(C)(C)C. The Hall–Kier alpha value is -0.353. The highest BCUT2D eigenvalue weighted by molar-refractivity contribution is 6.48. The maximum atomic E-state index is 11.7. The van der Waals surface area contributed by atoms with Gasteiger partial charge in [-0.15, -0.1) is 0 Å². The molecular formula is C11H23NO2Si. The van der Waals surface area contributed by atoms with Crippen LogP contribution in [0, 0.1) is 5.41 Å². The third-order valence-corrected chi connectivity index (χ3v) is 3.34. The molecule has 0 N–H and O–H groups in total. The molecule has 88 valence electrons. The van der Waals surface area contributed by atoms with E-state index in [4.69, 9.17) is 4.43 Å². The van der Waals surface area contributed by atoms with Gasteiger partial charge in [0.1, 0.15) is 6.23 Å². The number of hydrogen-bond donors (Lipinski definition) is 0. The average Bonchev–Trinajstić information content (AvgIpc) is 2.45. The van der Waals surface area contributed by atoms with Gasteiger partial charge >= 0.3 is 0 Å². The number of amides is 1. The summed E-state index contributed by atoms with van der Waals surface area (Å²) in [6, 6.07) is 0. The van der Waals surface area contributed by atoms with Crippen LogP contribution in [-0.4, -0.2) is 32.6 Å². The van der Waals surface area contributed by atoms with Crippen LogP contribution in [0.25, 0.3) is 0 Å². The molecule has 1 fully saturated rings. The van der Waals surface area contributed by atoms with Crippen LogP contribution in [0.1, 0.15) is 33.6 Å². The topological polar surface area (TPSA) is 29.5 Å². The standard InChI is InChI=1S/C11H23NO2Si/c1-11(2,3)10(14-15(4)5)12-8-6-7-9(12)13/h10,15H,6-8H2,1-5H3. The van der Waals surface area contributed by atoms with Gasteiger partial charge in [-0.1, -0.05) is 20.8 Å². The van der Waals surface area contributed by atoms with Gasteiger partial charge in [-0.25, -0.2) is 0 Å². The van der Waals surface area contributed by atoms with Crippen molar-refractivity contribution in [2.24, 2.45) is 5.41 Å². The molecule has 1 unspecified atom stereocenters. The van der Waals surface area contributed by atoms with Crippen LogP contribution in [0.15, 0.2) is 0 Å². The van der Waals surface area contributed by atoms with Crippen LogP contribution in [0.5, 0.6) is 0 Å². The Kier molecular flexibility index (Phi) is 3.95. The van der Waals surface area contributed by atoms with Crippen molar-refractivity contribution in [3.05, 3.63) is 0 Å². The minimum atomic E-state index is -1.11. The lowest BCUT2D eigenvalue weighted by atomic mass is 9.93. The second-order valence-electron chi connectivity index (χ2n) is 5.59. The Morgan fingerprint density at radius 2 is 2.00 bits per heavy atom. The van der Waals surface area contributed by atoms with Crippen molar-refractivity contribution >= 4 is 14.9 Å². The molecule has 0 aromatic rings. The van der Waals surface area contributed by atoms with E-state index in [0.29, 0.717) is 6.42 Å². The van der Waals surface area contributed by atoms with E-state index in [1.807, 2.05) is 4.90 Å². The van der Waals surface area contributed by atoms with Crippen molar-refractivity contribution in [1.29, 1.82) is 0 Å². The van der Waals surface area contributed by atoms with Crippen LogP contribution >= 0.6 is 0 Å². The maximum absolute atomic E-state index is 11.7. The first-order valence-electron chi connectivity index (χ1n) is 5.77. The molecule has 0 spiro atoms. The van der Waals surface area contributed by atoms with Gasteiger partial charge in [0.25, 0.3) is 0 Å². The van der Waals surface area contributed by atoms with Crippen molar-refractivity contribution in [2.75, 3.05) is 6.54 Å². The van der Waals surface area contributed by atoms with Gasteiger partial charge in [0, 0.05) is 18.4 Å². The number of hydrogen-bond acceptors (Lipinski definition) is 2. The molecule has 1 heterocycles. The Balaban J connectivity index is 2.76. The lowest BCUT2D eigenvalue weighted by Crippen LogP contribution is -2.48. The molecule has 1 amide bonds. The number of likely N-dealkylation sites (tertiary alicyclic amines) is 1. The van der Waals surface area contributed by atoms with Gasteiger partial charge in [0.05, 0.1) is 0 Å². The second kappa shape index (κ2) is 4.66. The van der Waals surface area contributed by atoms with Gasteiger partial charge in [0.15, 0.2) is 9.04 Å². The summed E-state index contributed by atoms with van der Waals surface area (Å²) in [5, 5.41) is 0. The minimum absolute atomic E-state index is 0.0112. The fourth-order valence-corrected chi connectivity index (χ4v) is 2.99. The number of carbonyl (C=O) groups excluding carboxylic acids is 1. The maximum Gasteiger partial charge on any atom is 0.224 e. The Labute approximate surface area is 94.5 Å². The number of rotatable bonds is 3. The highest BCUT2D eigenvalue weighted by Crippen LogP contribution is 2.29. The molecule has 4 heteroatoms. The predicted molar refractivity (Wildman–Crippen MR) is 64.2 cm³/mol. The van der Waals surface area contributed by atoms with Crippen molar-refractivity contribution in [1.82, 2.24) is 4.90 Å². The first kappa shape index (κ1) is 12.7. The molecule has 0 aliphatic carbocycles. The molecule has 1 aliphatic heterocycles. The van der Waals surface area contributed by atoms with Gasteiger partial charge in [0.2, 0.25) is 5.91 Å². The zero-order valence-corrected chi connectivity index (χ0v) is 11.7. The van der Waals surface area contributed by atoms with Gasteiger partial charge < -0.3 is 9.33 Å². The molecule has 1 atom stereocenters. The predicted octanol–water partition coefficient (Wildman–Crippen LogP) is 1.98. The smallest absolute Gasteiger partial charge is 0.224 e. The molecule has 0 bridgehead atoms. The van der Waals surface area contributed by atoms with E-state index in [0.717, 1.165) is 13.0 Å². The van der Waals surface area contributed by atoms with Gasteiger partial charge in [-0.3, -0.25) is 4.79 Å². The van der Waals surface area contributed by atoms with Crippen LogP contribution < -0.4 is 0 Å².